The molecule has 0 aliphatic carbocycles. The second-order valence-corrected chi connectivity index (χ2v) is 4.22. The Bertz CT molecular complexity index is 438. The van der Waals surface area contributed by atoms with Gasteiger partial charge in [0.05, 0.1) is 13.2 Å². The standard InChI is InChI=1S/C14H22N2O4/c1-4-16(5-2)10-11-7-8-12(20-11)14(18)15-9-13(17)19-6-3/h7-8H,4-6,9-10H2,1-3H3,(H,15,18). The molecule has 1 aromatic heterocycles. The Morgan fingerprint density at radius 2 is 1.95 bits per heavy atom. The second-order valence-electron chi connectivity index (χ2n) is 4.22. The molecule has 1 amide bonds. The zero-order valence-corrected chi connectivity index (χ0v) is 12.3. The predicted octanol–water partition coefficient (Wildman–Crippen LogP) is 1.41. The third-order valence-corrected chi connectivity index (χ3v) is 2.86. The van der Waals surface area contributed by atoms with E-state index in [0.29, 0.717) is 13.2 Å². The van der Waals surface area contributed by atoms with E-state index in [9.17, 15) is 9.59 Å². The van der Waals surface area contributed by atoms with Gasteiger partial charge in [0, 0.05) is 0 Å². The van der Waals surface area contributed by atoms with Crippen LogP contribution in [0.4, 0.5) is 0 Å². The van der Waals surface area contributed by atoms with Crippen LogP contribution in [0.5, 0.6) is 0 Å². The van der Waals surface area contributed by atoms with Gasteiger partial charge in [0.2, 0.25) is 0 Å². The van der Waals surface area contributed by atoms with Crippen molar-refractivity contribution in [2.45, 2.75) is 27.3 Å². The van der Waals surface area contributed by atoms with Crippen LogP contribution in [-0.4, -0.2) is 43.0 Å². The van der Waals surface area contributed by atoms with E-state index < -0.39 is 11.9 Å². The van der Waals surface area contributed by atoms with Crippen LogP contribution in [0.25, 0.3) is 0 Å². The molecule has 0 radical (unpaired) electrons. The fourth-order valence-corrected chi connectivity index (χ4v) is 1.70. The van der Waals surface area contributed by atoms with E-state index in [4.69, 9.17) is 9.15 Å². The highest BCUT2D eigenvalue weighted by molar-refractivity contribution is 5.93. The van der Waals surface area contributed by atoms with Crippen molar-refractivity contribution in [3.05, 3.63) is 23.7 Å². The van der Waals surface area contributed by atoms with Crippen molar-refractivity contribution in [2.24, 2.45) is 0 Å². The highest BCUT2D eigenvalue weighted by atomic mass is 16.5. The lowest BCUT2D eigenvalue weighted by Crippen LogP contribution is -2.30. The number of furan rings is 1. The van der Waals surface area contributed by atoms with Gasteiger partial charge in [-0.3, -0.25) is 14.5 Å². The summed E-state index contributed by atoms with van der Waals surface area (Å²) >= 11 is 0. The van der Waals surface area contributed by atoms with Gasteiger partial charge in [0.25, 0.3) is 5.91 Å². The molecule has 0 aromatic carbocycles. The number of ether oxygens (including phenoxy) is 1. The molecule has 1 heterocycles. The molecule has 1 N–H and O–H groups in total. The Balaban J connectivity index is 2.49. The zero-order valence-electron chi connectivity index (χ0n) is 12.3. The highest BCUT2D eigenvalue weighted by Crippen LogP contribution is 2.10. The second kappa shape index (κ2) is 8.37. The number of carbonyl (C=O) groups is 2. The lowest BCUT2D eigenvalue weighted by Gasteiger charge is -2.15. The first-order valence-electron chi connectivity index (χ1n) is 6.85. The van der Waals surface area contributed by atoms with Gasteiger partial charge in [0.1, 0.15) is 12.3 Å². The molecule has 6 nitrogen and oxygen atoms in total. The summed E-state index contributed by atoms with van der Waals surface area (Å²) < 4.78 is 10.2. The van der Waals surface area contributed by atoms with Crippen LogP contribution in [0.2, 0.25) is 0 Å². The van der Waals surface area contributed by atoms with E-state index in [1.807, 2.05) is 0 Å². The number of carbonyl (C=O) groups excluding carboxylic acids is 2. The largest absolute Gasteiger partial charge is 0.465 e. The molecule has 0 saturated heterocycles. The molecule has 0 bridgehead atoms. The highest BCUT2D eigenvalue weighted by Gasteiger charge is 2.13. The van der Waals surface area contributed by atoms with Crippen molar-refractivity contribution in [3.63, 3.8) is 0 Å². The number of rotatable bonds is 8. The van der Waals surface area contributed by atoms with E-state index in [-0.39, 0.29) is 12.3 Å². The molecule has 112 valence electrons. The first-order chi connectivity index (χ1) is 9.60. The zero-order chi connectivity index (χ0) is 15.0. The van der Waals surface area contributed by atoms with E-state index in [1.54, 1.807) is 19.1 Å². The predicted molar refractivity (Wildman–Crippen MR) is 74.3 cm³/mol. The third kappa shape index (κ3) is 5.05. The van der Waals surface area contributed by atoms with Crippen LogP contribution < -0.4 is 5.32 Å². The fraction of sp³-hybridized carbons (Fsp3) is 0.571. The summed E-state index contributed by atoms with van der Waals surface area (Å²) in [6.45, 7) is 8.49. The maximum atomic E-state index is 11.8. The summed E-state index contributed by atoms with van der Waals surface area (Å²) in [6.07, 6.45) is 0. The summed E-state index contributed by atoms with van der Waals surface area (Å²) in [5.74, 6) is 0.0612. The quantitative estimate of drug-likeness (QED) is 0.730. The van der Waals surface area contributed by atoms with E-state index in [1.165, 1.54) is 0 Å². The van der Waals surface area contributed by atoms with Crippen molar-refractivity contribution in [2.75, 3.05) is 26.2 Å². The fourth-order valence-electron chi connectivity index (χ4n) is 1.70. The lowest BCUT2D eigenvalue weighted by atomic mass is 10.3. The Kier molecular flexibility index (Phi) is 6.79. The number of hydrogen-bond acceptors (Lipinski definition) is 5. The molecule has 20 heavy (non-hydrogen) atoms. The van der Waals surface area contributed by atoms with Crippen LogP contribution >= 0.6 is 0 Å². The van der Waals surface area contributed by atoms with E-state index in [0.717, 1.165) is 18.8 Å². The summed E-state index contributed by atoms with van der Waals surface area (Å²) in [4.78, 5) is 25.1. The molecular formula is C14H22N2O4. The Morgan fingerprint density at radius 1 is 1.25 bits per heavy atom. The van der Waals surface area contributed by atoms with Gasteiger partial charge < -0.3 is 14.5 Å². The van der Waals surface area contributed by atoms with E-state index >= 15 is 0 Å². The van der Waals surface area contributed by atoms with Gasteiger partial charge in [-0.1, -0.05) is 13.8 Å². The minimum Gasteiger partial charge on any atom is -0.465 e. The number of amides is 1. The molecule has 0 aliphatic heterocycles. The van der Waals surface area contributed by atoms with Crippen molar-refractivity contribution in [1.29, 1.82) is 0 Å². The molecular weight excluding hydrogens is 260 g/mol. The van der Waals surface area contributed by atoms with Gasteiger partial charge in [-0.25, -0.2) is 0 Å². The Hall–Kier alpha value is -1.82. The number of nitrogens with one attached hydrogen (secondary N) is 1. The molecule has 6 heteroatoms. The van der Waals surface area contributed by atoms with Crippen LogP contribution in [0.3, 0.4) is 0 Å². The molecule has 0 aliphatic rings. The summed E-state index contributed by atoms with van der Waals surface area (Å²) in [7, 11) is 0. The maximum Gasteiger partial charge on any atom is 0.325 e. The number of hydrogen-bond donors (Lipinski definition) is 1. The normalized spacial score (nSPS) is 10.6. The van der Waals surface area contributed by atoms with Gasteiger partial charge in [-0.15, -0.1) is 0 Å². The smallest absolute Gasteiger partial charge is 0.325 e. The van der Waals surface area contributed by atoms with Crippen molar-refractivity contribution in [1.82, 2.24) is 10.2 Å². The monoisotopic (exact) mass is 282 g/mol. The van der Waals surface area contributed by atoms with Crippen molar-refractivity contribution in [3.8, 4) is 0 Å². The number of nitrogens with zero attached hydrogens (tertiary/aromatic N) is 1. The first kappa shape index (κ1) is 16.2. The van der Waals surface area contributed by atoms with Crippen LogP contribution in [-0.2, 0) is 16.1 Å². The lowest BCUT2D eigenvalue weighted by molar-refractivity contribution is -0.141. The van der Waals surface area contributed by atoms with E-state index in [2.05, 4.69) is 24.1 Å². The summed E-state index contributed by atoms with van der Waals surface area (Å²) in [5.41, 5.74) is 0. The van der Waals surface area contributed by atoms with Crippen LogP contribution in [0.1, 0.15) is 37.1 Å². The maximum absolute atomic E-state index is 11.8. The minimum absolute atomic E-state index is 0.154. The Morgan fingerprint density at radius 3 is 2.55 bits per heavy atom. The van der Waals surface area contributed by atoms with Gasteiger partial charge in [-0.05, 0) is 32.1 Å². The van der Waals surface area contributed by atoms with Crippen LogP contribution in [0.15, 0.2) is 16.5 Å². The molecule has 0 saturated carbocycles. The first-order valence-corrected chi connectivity index (χ1v) is 6.85. The van der Waals surface area contributed by atoms with Gasteiger partial charge >= 0.3 is 5.97 Å². The molecule has 0 unspecified atom stereocenters. The topological polar surface area (TPSA) is 71.8 Å². The van der Waals surface area contributed by atoms with Crippen molar-refractivity contribution < 1.29 is 18.7 Å². The SMILES string of the molecule is CCOC(=O)CNC(=O)c1ccc(CN(CC)CC)o1. The third-order valence-electron chi connectivity index (χ3n) is 2.86. The average Bonchev–Trinajstić information content (AvgIpc) is 2.91. The van der Waals surface area contributed by atoms with Gasteiger partial charge in [0.15, 0.2) is 5.76 Å². The van der Waals surface area contributed by atoms with Crippen molar-refractivity contribution >= 4 is 11.9 Å². The number of esters is 1. The Labute approximate surface area is 119 Å². The van der Waals surface area contributed by atoms with Gasteiger partial charge in [-0.2, -0.15) is 0 Å². The summed E-state index contributed by atoms with van der Waals surface area (Å²) in [6, 6.07) is 3.39. The molecule has 0 atom stereocenters. The molecule has 1 aromatic rings. The average molecular weight is 282 g/mol. The molecule has 1 rings (SSSR count). The molecule has 0 fully saturated rings. The molecule has 0 spiro atoms. The summed E-state index contributed by atoms with van der Waals surface area (Å²) in [5, 5.41) is 2.46. The van der Waals surface area contributed by atoms with Crippen LogP contribution in [0, 0.1) is 0 Å². The minimum atomic E-state index is -0.462.